The smallest absolute Gasteiger partial charge is 0.0266 e. The minimum absolute atomic E-state index is 0.549. The number of hydrogen-bond acceptors (Lipinski definition) is 0. The lowest BCUT2D eigenvalue weighted by Gasteiger charge is -2.31. The molecule has 0 rings (SSSR count). The van der Waals surface area contributed by atoms with E-state index in [4.69, 9.17) is 0 Å². The summed E-state index contributed by atoms with van der Waals surface area (Å²) >= 11 is 0. The van der Waals surface area contributed by atoms with Crippen molar-refractivity contribution in [1.29, 1.82) is 0 Å². The lowest BCUT2D eigenvalue weighted by Crippen LogP contribution is -2.18. The second kappa shape index (κ2) is 5.40. The summed E-state index contributed by atoms with van der Waals surface area (Å²) < 4.78 is 0. The van der Waals surface area contributed by atoms with E-state index in [-0.39, 0.29) is 0 Å². The van der Waals surface area contributed by atoms with Crippen LogP contribution in [0.5, 0.6) is 0 Å². The summed E-state index contributed by atoms with van der Waals surface area (Å²) in [6.07, 6.45) is 6.24. The van der Waals surface area contributed by atoms with Gasteiger partial charge in [-0.25, -0.2) is 0 Å². The molecule has 0 saturated carbocycles. The largest absolute Gasteiger partial charge is 0.0999 e. The second-order valence-electron chi connectivity index (χ2n) is 3.84. The zero-order valence-electron chi connectivity index (χ0n) is 9.24. The van der Waals surface area contributed by atoms with Gasteiger partial charge in [0.15, 0.2) is 0 Å². The summed E-state index contributed by atoms with van der Waals surface area (Å²) in [5.74, 6) is 0. The Labute approximate surface area is 78.1 Å². The van der Waals surface area contributed by atoms with Crippen LogP contribution in [0.15, 0.2) is 12.2 Å². The van der Waals surface area contributed by atoms with E-state index in [0.717, 1.165) is 6.42 Å². The van der Waals surface area contributed by atoms with Gasteiger partial charge in [0.2, 0.25) is 0 Å². The molecule has 12 heavy (non-hydrogen) atoms. The van der Waals surface area contributed by atoms with Gasteiger partial charge in [0.1, 0.15) is 0 Å². The molecule has 0 heterocycles. The highest BCUT2D eigenvalue weighted by atomic mass is 14.3. The zero-order valence-corrected chi connectivity index (χ0v) is 9.24. The summed E-state index contributed by atoms with van der Waals surface area (Å²) in [7, 11) is 0. The third-order valence-electron chi connectivity index (χ3n) is 3.37. The van der Waals surface area contributed by atoms with Crippen LogP contribution in [-0.4, -0.2) is 0 Å². The van der Waals surface area contributed by atoms with Crippen LogP contribution in [-0.2, 0) is 0 Å². The molecule has 72 valence electrons. The van der Waals surface area contributed by atoms with Crippen LogP contribution in [0, 0.1) is 5.41 Å². The van der Waals surface area contributed by atoms with Crippen LogP contribution in [0.3, 0.4) is 0 Å². The molecule has 0 atom stereocenters. The molecule has 0 unspecified atom stereocenters. The molecule has 0 radical (unpaired) electrons. The molecule has 0 spiro atoms. The molecule has 0 fully saturated rings. The minimum atomic E-state index is 0.549. The van der Waals surface area contributed by atoms with Gasteiger partial charge in [0.05, 0.1) is 0 Å². The molecule has 0 aliphatic rings. The Morgan fingerprint density at radius 1 is 1.00 bits per heavy atom. The monoisotopic (exact) mass is 168 g/mol. The van der Waals surface area contributed by atoms with Crippen molar-refractivity contribution in [2.45, 2.75) is 59.8 Å². The summed E-state index contributed by atoms with van der Waals surface area (Å²) in [6, 6.07) is 0. The van der Waals surface area contributed by atoms with Crippen molar-refractivity contribution in [3.05, 3.63) is 12.2 Å². The van der Waals surface area contributed by atoms with Crippen molar-refractivity contribution in [3.8, 4) is 0 Å². The SMILES string of the molecule is C=C(CC)CC(CC)(CC)CC. The van der Waals surface area contributed by atoms with E-state index in [1.54, 1.807) is 0 Å². The van der Waals surface area contributed by atoms with Gasteiger partial charge < -0.3 is 0 Å². The van der Waals surface area contributed by atoms with Gasteiger partial charge in [0, 0.05) is 0 Å². The average molecular weight is 168 g/mol. The zero-order chi connectivity index (χ0) is 9.61. The summed E-state index contributed by atoms with van der Waals surface area (Å²) in [6.45, 7) is 13.2. The Morgan fingerprint density at radius 3 is 1.67 bits per heavy atom. The minimum Gasteiger partial charge on any atom is -0.0999 e. The van der Waals surface area contributed by atoms with E-state index < -0.39 is 0 Å². The van der Waals surface area contributed by atoms with Crippen molar-refractivity contribution in [3.63, 3.8) is 0 Å². The molecule has 0 aromatic heterocycles. The van der Waals surface area contributed by atoms with Gasteiger partial charge in [-0.05, 0) is 18.3 Å². The quantitative estimate of drug-likeness (QED) is 0.510. The maximum absolute atomic E-state index is 4.10. The van der Waals surface area contributed by atoms with Crippen LogP contribution < -0.4 is 0 Å². The summed E-state index contributed by atoms with van der Waals surface area (Å²) in [4.78, 5) is 0. The van der Waals surface area contributed by atoms with Crippen molar-refractivity contribution >= 4 is 0 Å². The molecule has 0 N–H and O–H groups in total. The van der Waals surface area contributed by atoms with Gasteiger partial charge in [-0.2, -0.15) is 0 Å². The molecular weight excluding hydrogens is 144 g/mol. The molecule has 0 aliphatic heterocycles. The van der Waals surface area contributed by atoms with Crippen LogP contribution in [0.25, 0.3) is 0 Å². The highest BCUT2D eigenvalue weighted by Crippen LogP contribution is 2.37. The normalized spacial score (nSPS) is 11.7. The van der Waals surface area contributed by atoms with Gasteiger partial charge >= 0.3 is 0 Å². The maximum Gasteiger partial charge on any atom is -0.0266 e. The topological polar surface area (TPSA) is 0 Å². The van der Waals surface area contributed by atoms with E-state index in [0.29, 0.717) is 5.41 Å². The van der Waals surface area contributed by atoms with Gasteiger partial charge in [-0.1, -0.05) is 59.1 Å². The second-order valence-corrected chi connectivity index (χ2v) is 3.84. The molecule has 0 aromatic carbocycles. The first-order valence-corrected chi connectivity index (χ1v) is 5.30. The van der Waals surface area contributed by atoms with E-state index in [1.807, 2.05) is 0 Å². The average Bonchev–Trinajstić information content (AvgIpc) is 2.14. The lowest BCUT2D eigenvalue weighted by atomic mass is 9.74. The fourth-order valence-electron chi connectivity index (χ4n) is 1.78. The van der Waals surface area contributed by atoms with Gasteiger partial charge in [-0.15, -0.1) is 0 Å². The Bertz CT molecular complexity index is 121. The first-order valence-electron chi connectivity index (χ1n) is 5.30. The van der Waals surface area contributed by atoms with Crippen LogP contribution >= 0.6 is 0 Å². The van der Waals surface area contributed by atoms with Crippen molar-refractivity contribution < 1.29 is 0 Å². The molecule has 0 aromatic rings. The Hall–Kier alpha value is -0.260. The molecule has 0 saturated heterocycles. The predicted molar refractivity (Wildman–Crippen MR) is 57.4 cm³/mol. The fraction of sp³-hybridized carbons (Fsp3) is 0.833. The number of hydrogen-bond donors (Lipinski definition) is 0. The maximum atomic E-state index is 4.10. The first-order chi connectivity index (χ1) is 5.64. The molecular formula is C12H24. The third kappa shape index (κ3) is 3.00. The van der Waals surface area contributed by atoms with Crippen molar-refractivity contribution in [2.75, 3.05) is 0 Å². The van der Waals surface area contributed by atoms with Gasteiger partial charge in [0.25, 0.3) is 0 Å². The third-order valence-corrected chi connectivity index (χ3v) is 3.37. The number of rotatable bonds is 6. The Balaban J connectivity index is 4.19. The highest BCUT2D eigenvalue weighted by molar-refractivity contribution is 4.98. The molecule has 0 nitrogen and oxygen atoms in total. The summed E-state index contributed by atoms with van der Waals surface area (Å²) in [5, 5.41) is 0. The van der Waals surface area contributed by atoms with Crippen LogP contribution in [0.2, 0.25) is 0 Å². The van der Waals surface area contributed by atoms with E-state index >= 15 is 0 Å². The standard InChI is InChI=1S/C12H24/c1-6-11(5)10-12(7-2,8-3)9-4/h5-10H2,1-4H3. The number of allylic oxidation sites excluding steroid dienone is 1. The van der Waals surface area contributed by atoms with Crippen molar-refractivity contribution in [1.82, 2.24) is 0 Å². The molecule has 0 aliphatic carbocycles. The van der Waals surface area contributed by atoms with Crippen molar-refractivity contribution in [2.24, 2.45) is 5.41 Å². The molecule has 0 bridgehead atoms. The first kappa shape index (κ1) is 11.7. The van der Waals surface area contributed by atoms with E-state index in [2.05, 4.69) is 34.3 Å². The van der Waals surface area contributed by atoms with Crippen LogP contribution in [0.4, 0.5) is 0 Å². The van der Waals surface area contributed by atoms with E-state index in [1.165, 1.54) is 31.3 Å². The Kier molecular flexibility index (Phi) is 5.28. The molecule has 0 heteroatoms. The highest BCUT2D eigenvalue weighted by Gasteiger charge is 2.23. The predicted octanol–water partition coefficient (Wildman–Crippen LogP) is 4.56. The van der Waals surface area contributed by atoms with Crippen LogP contribution in [0.1, 0.15) is 59.8 Å². The van der Waals surface area contributed by atoms with Gasteiger partial charge in [-0.3, -0.25) is 0 Å². The molecule has 0 amide bonds. The lowest BCUT2D eigenvalue weighted by molar-refractivity contribution is 0.246. The fourth-order valence-corrected chi connectivity index (χ4v) is 1.78. The summed E-state index contributed by atoms with van der Waals surface area (Å²) in [5.41, 5.74) is 1.97. The Morgan fingerprint density at radius 2 is 1.42 bits per heavy atom. The van der Waals surface area contributed by atoms with E-state index in [9.17, 15) is 0 Å².